The molecule has 174 valence electrons. The first kappa shape index (κ1) is 21.7. The summed E-state index contributed by atoms with van der Waals surface area (Å²) < 4.78 is 47.6. The maximum Gasteiger partial charge on any atom is 0.419 e. The fourth-order valence-corrected chi connectivity index (χ4v) is 5.66. The summed E-state index contributed by atoms with van der Waals surface area (Å²) in [4.78, 5) is 6.27. The fraction of sp³-hybridized carbons (Fsp3) is 0.652. The van der Waals surface area contributed by atoms with Crippen molar-refractivity contribution in [3.05, 3.63) is 29.6 Å². The van der Waals surface area contributed by atoms with Crippen molar-refractivity contribution >= 4 is 5.82 Å². The van der Waals surface area contributed by atoms with Crippen LogP contribution in [0.25, 0.3) is 11.3 Å². The first-order chi connectivity index (χ1) is 15.2. The van der Waals surface area contributed by atoms with E-state index in [1.807, 2.05) is 10.7 Å². The smallest absolute Gasteiger partial charge is 0.383 e. The predicted octanol–water partition coefficient (Wildman–Crippen LogP) is 4.69. The Morgan fingerprint density at radius 2 is 1.91 bits per heavy atom. The van der Waals surface area contributed by atoms with Gasteiger partial charge in [-0.3, -0.25) is 9.58 Å². The molecule has 3 fully saturated rings. The van der Waals surface area contributed by atoms with E-state index in [0.717, 1.165) is 50.9 Å². The maximum absolute atomic E-state index is 13.3. The molecule has 2 N–H and O–H groups in total. The highest BCUT2D eigenvalue weighted by Crippen LogP contribution is 2.64. The number of alkyl halides is 3. The van der Waals surface area contributed by atoms with Crippen molar-refractivity contribution in [3.63, 3.8) is 0 Å². The van der Waals surface area contributed by atoms with Crippen LogP contribution in [0.2, 0.25) is 0 Å². The van der Waals surface area contributed by atoms with E-state index in [9.17, 15) is 13.2 Å². The van der Waals surface area contributed by atoms with Gasteiger partial charge >= 0.3 is 6.18 Å². The topological polar surface area (TPSA) is 69.2 Å². The average molecular weight is 450 g/mol. The van der Waals surface area contributed by atoms with Crippen LogP contribution in [0, 0.1) is 11.8 Å². The summed E-state index contributed by atoms with van der Waals surface area (Å²) in [6.45, 7) is 6.80. The number of hydrogen-bond acceptors (Lipinski definition) is 5. The van der Waals surface area contributed by atoms with E-state index in [1.165, 1.54) is 12.6 Å². The van der Waals surface area contributed by atoms with E-state index in [2.05, 4.69) is 28.8 Å². The molecule has 2 atom stereocenters. The summed E-state index contributed by atoms with van der Waals surface area (Å²) in [5.74, 6) is 1.14. The van der Waals surface area contributed by atoms with Crippen molar-refractivity contribution in [2.24, 2.45) is 11.8 Å². The van der Waals surface area contributed by atoms with E-state index >= 15 is 0 Å². The minimum atomic E-state index is -4.55. The fourth-order valence-electron chi connectivity index (χ4n) is 5.66. The molecule has 0 radical (unpaired) electrons. The zero-order valence-corrected chi connectivity index (χ0v) is 18.5. The Labute approximate surface area is 185 Å². The number of anilines is 1. The first-order valence-corrected chi connectivity index (χ1v) is 11.5. The van der Waals surface area contributed by atoms with Gasteiger partial charge in [0.1, 0.15) is 5.82 Å². The van der Waals surface area contributed by atoms with Crippen molar-refractivity contribution in [1.29, 1.82) is 0 Å². The molecule has 2 aromatic rings. The van der Waals surface area contributed by atoms with E-state index in [4.69, 9.17) is 10.5 Å². The van der Waals surface area contributed by atoms with Crippen LogP contribution in [-0.2, 0) is 10.9 Å². The SMILES string of the molecule is CC(C)n1nc(-c2cnc(N)c(C(F)(F)F)c2)cc1C1C2CC(N3CCCCOC3)CC21. The quantitative estimate of drug-likeness (QED) is 0.734. The lowest BCUT2D eigenvalue weighted by Crippen LogP contribution is -2.36. The molecule has 1 aliphatic heterocycles. The van der Waals surface area contributed by atoms with Crippen molar-refractivity contribution in [3.8, 4) is 11.3 Å². The third kappa shape index (κ3) is 3.90. The van der Waals surface area contributed by atoms with Crippen LogP contribution in [0.5, 0.6) is 0 Å². The second-order valence-corrected chi connectivity index (χ2v) is 9.68. The van der Waals surface area contributed by atoms with Crippen molar-refractivity contribution < 1.29 is 17.9 Å². The molecule has 0 amide bonds. The van der Waals surface area contributed by atoms with Crippen LogP contribution in [0.1, 0.15) is 62.7 Å². The van der Waals surface area contributed by atoms with Crippen molar-refractivity contribution in [2.45, 2.75) is 63.7 Å². The Bertz CT molecular complexity index is 968. The Morgan fingerprint density at radius 3 is 2.59 bits per heavy atom. The highest BCUT2D eigenvalue weighted by Gasteiger charge is 2.58. The van der Waals surface area contributed by atoms with Crippen molar-refractivity contribution in [2.75, 3.05) is 25.6 Å². The number of aromatic nitrogens is 3. The number of nitrogens with zero attached hydrogens (tertiary/aromatic N) is 4. The minimum Gasteiger partial charge on any atom is -0.383 e. The molecular weight excluding hydrogens is 419 g/mol. The monoisotopic (exact) mass is 449 g/mol. The van der Waals surface area contributed by atoms with E-state index in [-0.39, 0.29) is 6.04 Å². The lowest BCUT2D eigenvalue weighted by molar-refractivity contribution is -0.137. The van der Waals surface area contributed by atoms with Crippen molar-refractivity contribution in [1.82, 2.24) is 19.7 Å². The average Bonchev–Trinajstić information content (AvgIpc) is 3.06. The van der Waals surface area contributed by atoms with Crippen LogP contribution in [-0.4, -0.2) is 45.6 Å². The van der Waals surface area contributed by atoms with Gasteiger partial charge < -0.3 is 10.5 Å². The highest BCUT2D eigenvalue weighted by atomic mass is 19.4. The number of halogens is 3. The molecule has 2 aromatic heterocycles. The number of nitrogen functional groups attached to an aromatic ring is 1. The van der Waals surface area contributed by atoms with Gasteiger partial charge in [0.25, 0.3) is 0 Å². The van der Waals surface area contributed by atoms with Crippen LogP contribution in [0.15, 0.2) is 18.3 Å². The lowest BCUT2D eigenvalue weighted by atomic mass is 10.0. The number of fused-ring (bicyclic) bond motifs is 1. The Hall–Kier alpha value is -2.13. The van der Waals surface area contributed by atoms with Crippen LogP contribution in [0.3, 0.4) is 0 Å². The molecular formula is C23H30F3N5O. The lowest BCUT2D eigenvalue weighted by Gasteiger charge is -2.28. The van der Waals surface area contributed by atoms with E-state index in [0.29, 0.717) is 35.1 Å². The first-order valence-electron chi connectivity index (χ1n) is 11.5. The maximum atomic E-state index is 13.3. The number of hydrogen-bond donors (Lipinski definition) is 1. The predicted molar refractivity (Wildman–Crippen MR) is 115 cm³/mol. The Balaban J connectivity index is 1.37. The summed E-state index contributed by atoms with van der Waals surface area (Å²) in [5.41, 5.74) is 6.55. The zero-order valence-electron chi connectivity index (χ0n) is 18.5. The number of pyridine rings is 1. The summed E-state index contributed by atoms with van der Waals surface area (Å²) in [6.07, 6.45) is 1.46. The molecule has 3 heterocycles. The Morgan fingerprint density at radius 1 is 1.16 bits per heavy atom. The minimum absolute atomic E-state index is 0.124. The van der Waals surface area contributed by atoms with Gasteiger partial charge in [0, 0.05) is 48.6 Å². The molecule has 6 nitrogen and oxygen atoms in total. The normalized spacial score (nSPS) is 28.7. The molecule has 0 bridgehead atoms. The van der Waals surface area contributed by atoms with Gasteiger partial charge in [0.05, 0.1) is 18.0 Å². The van der Waals surface area contributed by atoms with Gasteiger partial charge in [0.15, 0.2) is 0 Å². The summed E-state index contributed by atoms with van der Waals surface area (Å²) in [6, 6.07) is 3.71. The van der Waals surface area contributed by atoms with Gasteiger partial charge in [-0.15, -0.1) is 0 Å². The third-order valence-electron chi connectivity index (χ3n) is 7.29. The second-order valence-electron chi connectivity index (χ2n) is 9.68. The van der Waals surface area contributed by atoms with Gasteiger partial charge in [-0.05, 0) is 63.5 Å². The van der Waals surface area contributed by atoms with Gasteiger partial charge in [-0.25, -0.2) is 4.98 Å². The van der Waals surface area contributed by atoms with Crippen LogP contribution >= 0.6 is 0 Å². The van der Waals surface area contributed by atoms with E-state index in [1.54, 1.807) is 0 Å². The largest absolute Gasteiger partial charge is 0.419 e. The van der Waals surface area contributed by atoms with Gasteiger partial charge in [-0.1, -0.05) is 0 Å². The summed E-state index contributed by atoms with van der Waals surface area (Å²) in [5, 5.41) is 4.68. The standard InChI is InChI=1S/C23H30F3N5O/c1-13(2)31-20(10-19(29-31)14-7-18(23(24,25)26)22(27)28-11-14)21-16-8-15(9-17(16)21)30-5-3-4-6-32-12-30/h7,10-11,13,15-17,21H,3-6,8-9,12H2,1-2H3,(H2,27,28). The molecule has 0 spiro atoms. The number of nitrogens with two attached hydrogens (primary N) is 1. The molecule has 2 unspecified atom stereocenters. The molecule has 3 aliphatic rings. The van der Waals surface area contributed by atoms with Crippen LogP contribution in [0.4, 0.5) is 19.0 Å². The molecule has 2 saturated carbocycles. The highest BCUT2D eigenvalue weighted by molar-refractivity contribution is 5.63. The zero-order chi connectivity index (χ0) is 22.6. The molecule has 5 rings (SSSR count). The third-order valence-corrected chi connectivity index (χ3v) is 7.29. The molecule has 32 heavy (non-hydrogen) atoms. The van der Waals surface area contributed by atoms with Gasteiger partial charge in [0.2, 0.25) is 0 Å². The number of ether oxygens (including phenoxy) is 1. The number of rotatable bonds is 4. The summed E-state index contributed by atoms with van der Waals surface area (Å²) >= 11 is 0. The molecule has 0 aromatic carbocycles. The summed E-state index contributed by atoms with van der Waals surface area (Å²) in [7, 11) is 0. The molecule has 1 saturated heterocycles. The van der Waals surface area contributed by atoms with E-state index < -0.39 is 17.6 Å². The van der Waals surface area contributed by atoms with Crippen LogP contribution < -0.4 is 5.73 Å². The second kappa shape index (κ2) is 8.02. The van der Waals surface area contributed by atoms with Gasteiger partial charge in [-0.2, -0.15) is 18.3 Å². The Kier molecular flexibility index (Phi) is 5.44. The molecule has 2 aliphatic carbocycles. The molecule has 9 heteroatoms.